The van der Waals surface area contributed by atoms with E-state index in [9.17, 15) is 4.79 Å². The third-order valence-electron chi connectivity index (χ3n) is 9.58. The molecular weight excluding hydrogens is 434 g/mol. The van der Waals surface area contributed by atoms with E-state index >= 15 is 0 Å². The highest BCUT2D eigenvalue weighted by Crippen LogP contribution is 2.43. The van der Waals surface area contributed by atoms with Gasteiger partial charge in [-0.15, -0.1) is 0 Å². The molecular formula is C30H41N3O2+2. The van der Waals surface area contributed by atoms with Crippen molar-refractivity contribution in [3.63, 3.8) is 0 Å². The van der Waals surface area contributed by atoms with Gasteiger partial charge in [-0.3, -0.25) is 4.79 Å². The smallest absolute Gasteiger partial charge is 0.232 e. The van der Waals surface area contributed by atoms with Crippen LogP contribution in [0.25, 0.3) is 0 Å². The fourth-order valence-electron chi connectivity index (χ4n) is 7.78. The summed E-state index contributed by atoms with van der Waals surface area (Å²) in [5, 5.41) is 2.35. The number of fused-ring (bicyclic) bond motifs is 2. The Hall–Kier alpha value is -2.24. The van der Waals surface area contributed by atoms with E-state index in [0.29, 0.717) is 37.0 Å². The van der Waals surface area contributed by atoms with Gasteiger partial charge in [0.2, 0.25) is 11.6 Å². The van der Waals surface area contributed by atoms with Crippen LogP contribution in [0.2, 0.25) is 0 Å². The van der Waals surface area contributed by atoms with Crippen molar-refractivity contribution in [1.29, 1.82) is 0 Å². The van der Waals surface area contributed by atoms with Gasteiger partial charge < -0.3 is 15.0 Å². The molecule has 4 aliphatic rings. The predicted molar refractivity (Wildman–Crippen MR) is 135 cm³/mol. The molecule has 4 atom stereocenters. The summed E-state index contributed by atoms with van der Waals surface area (Å²) < 4.78 is 6.15. The highest BCUT2D eigenvalue weighted by molar-refractivity contribution is 5.82. The normalized spacial score (nSPS) is 31.5. The van der Waals surface area contributed by atoms with Crippen LogP contribution in [-0.2, 0) is 21.6 Å². The Labute approximate surface area is 209 Å². The molecule has 1 aromatic heterocycles. The van der Waals surface area contributed by atoms with E-state index in [0.717, 1.165) is 43.9 Å². The first-order valence-corrected chi connectivity index (χ1v) is 13.9. The van der Waals surface area contributed by atoms with Crippen LogP contribution >= 0.6 is 0 Å². The average Bonchev–Trinajstić information content (AvgIpc) is 3.32. The molecule has 1 aliphatic carbocycles. The number of nitrogens with two attached hydrogens (primary N) is 1. The second-order valence-corrected chi connectivity index (χ2v) is 11.6. The molecule has 6 rings (SSSR count). The number of benzene rings is 1. The summed E-state index contributed by atoms with van der Waals surface area (Å²) in [5.74, 6) is 1.58. The Kier molecular flexibility index (Phi) is 6.40. The number of nitrogens with one attached hydrogen (secondary N) is 1. The van der Waals surface area contributed by atoms with Gasteiger partial charge in [-0.25, -0.2) is 4.98 Å². The number of aryl methyl sites for hydroxylation is 1. The summed E-state index contributed by atoms with van der Waals surface area (Å²) in [6.45, 7) is 6.05. The summed E-state index contributed by atoms with van der Waals surface area (Å²) >= 11 is 0. The van der Waals surface area contributed by atoms with E-state index in [-0.39, 0.29) is 11.3 Å². The molecule has 0 unspecified atom stereocenters. The maximum atomic E-state index is 14.5. The second kappa shape index (κ2) is 9.67. The molecule has 2 aromatic rings. The number of aromatic amines is 1. The molecule has 3 N–H and O–H groups in total. The number of likely N-dealkylation sites (tertiary alicyclic amines) is 1. The van der Waals surface area contributed by atoms with Crippen molar-refractivity contribution < 1.29 is 19.8 Å². The summed E-state index contributed by atoms with van der Waals surface area (Å²) in [6, 6.07) is 15.8. The van der Waals surface area contributed by atoms with Crippen LogP contribution in [0.15, 0.2) is 42.5 Å². The number of carbonyl (C=O) groups is 1. The van der Waals surface area contributed by atoms with Crippen molar-refractivity contribution in [3.8, 4) is 0 Å². The van der Waals surface area contributed by atoms with Gasteiger partial charge in [-0.05, 0) is 49.1 Å². The molecule has 2 saturated heterocycles. The van der Waals surface area contributed by atoms with Crippen LogP contribution in [0, 0.1) is 18.8 Å². The van der Waals surface area contributed by atoms with Gasteiger partial charge in [0.05, 0.1) is 25.1 Å². The van der Waals surface area contributed by atoms with Gasteiger partial charge in [0.1, 0.15) is 12.5 Å². The van der Waals surface area contributed by atoms with Gasteiger partial charge in [0, 0.05) is 31.1 Å². The van der Waals surface area contributed by atoms with Gasteiger partial charge in [-0.1, -0.05) is 49.6 Å². The van der Waals surface area contributed by atoms with Gasteiger partial charge in [-0.2, -0.15) is 0 Å². The lowest BCUT2D eigenvalue weighted by Crippen LogP contribution is -2.82. The van der Waals surface area contributed by atoms with Crippen molar-refractivity contribution >= 4 is 5.91 Å². The maximum Gasteiger partial charge on any atom is 0.232 e. The summed E-state index contributed by atoms with van der Waals surface area (Å²) in [6.07, 6.45) is 8.72. The van der Waals surface area contributed by atoms with Crippen LogP contribution in [0.4, 0.5) is 0 Å². The number of ether oxygens (including phenoxy) is 1. The van der Waals surface area contributed by atoms with Gasteiger partial charge in [0.15, 0.2) is 5.69 Å². The van der Waals surface area contributed by atoms with Crippen LogP contribution in [0.3, 0.4) is 0 Å². The first-order chi connectivity index (χ1) is 17.2. The number of piperidine rings is 1. The largest absolute Gasteiger partial charge is 0.369 e. The molecule has 1 saturated carbocycles. The second-order valence-electron chi connectivity index (χ2n) is 11.6. The van der Waals surface area contributed by atoms with Crippen molar-refractivity contribution in [2.45, 2.75) is 75.9 Å². The quantitative estimate of drug-likeness (QED) is 0.742. The summed E-state index contributed by atoms with van der Waals surface area (Å²) in [4.78, 5) is 20.4. The zero-order valence-corrected chi connectivity index (χ0v) is 21.2. The summed E-state index contributed by atoms with van der Waals surface area (Å²) in [7, 11) is 0. The number of hydrogen-bond donors (Lipinski definition) is 1. The third-order valence-corrected chi connectivity index (χ3v) is 9.58. The highest BCUT2D eigenvalue weighted by Gasteiger charge is 2.57. The Bertz CT molecular complexity index is 1050. The fourth-order valence-corrected chi connectivity index (χ4v) is 7.78. The number of rotatable bonds is 3. The van der Waals surface area contributed by atoms with Gasteiger partial charge >= 0.3 is 0 Å². The highest BCUT2D eigenvalue weighted by atomic mass is 16.5. The van der Waals surface area contributed by atoms with Crippen molar-refractivity contribution in [2.24, 2.45) is 11.8 Å². The Morgan fingerprint density at radius 3 is 2.74 bits per heavy atom. The fraction of sp³-hybridized carbons (Fsp3) is 0.600. The van der Waals surface area contributed by atoms with Crippen molar-refractivity contribution in [3.05, 3.63) is 65.0 Å². The molecule has 5 nitrogen and oxygen atoms in total. The molecule has 5 heteroatoms. The molecule has 0 radical (unpaired) electrons. The third kappa shape index (κ3) is 4.21. The van der Waals surface area contributed by atoms with Crippen LogP contribution in [-0.4, -0.2) is 43.1 Å². The minimum atomic E-state index is -0.220. The maximum absolute atomic E-state index is 14.5. The summed E-state index contributed by atoms with van der Waals surface area (Å²) in [5.41, 5.74) is 4.86. The van der Waals surface area contributed by atoms with Crippen LogP contribution < -0.4 is 10.3 Å². The van der Waals surface area contributed by atoms with E-state index in [4.69, 9.17) is 4.74 Å². The lowest BCUT2D eigenvalue weighted by molar-refractivity contribution is -0.640. The molecule has 3 aliphatic heterocycles. The standard InChI is InChI=1S/C30H39N3O2/c1-21-12-13-25-27(32-21)18-35-20-30(25)19-31-17-26(30)29(34)33-15-14-24(22-8-4-2-5-9-22)16-28(33)23-10-6-3-7-11-23/h2,4-5,8-9,12-13,23-24,26,28,31H,3,6-7,10-11,14-20H2,1H3/p+2/t24-,26+,28+,30-/m1/s1. The number of nitrogens with zero attached hydrogens (tertiary/aromatic N) is 1. The van der Waals surface area contributed by atoms with E-state index in [1.54, 1.807) is 0 Å². The first-order valence-electron chi connectivity index (χ1n) is 13.9. The molecule has 4 heterocycles. The van der Waals surface area contributed by atoms with Gasteiger partial charge in [0.25, 0.3) is 0 Å². The van der Waals surface area contributed by atoms with Crippen molar-refractivity contribution in [1.82, 2.24) is 4.90 Å². The molecule has 3 fully saturated rings. The zero-order valence-electron chi connectivity index (χ0n) is 21.2. The zero-order chi connectivity index (χ0) is 23.8. The SMILES string of the molecule is Cc1ccc2c([nH+]1)COC[C@]21C[NH2+]C[C@H]1C(=O)N1CC[C@@H](c2ccccc2)C[C@H]1C1CCCCC1. The van der Waals surface area contributed by atoms with Crippen LogP contribution in [0.1, 0.15) is 73.4 Å². The molecule has 1 spiro atoms. The topological polar surface area (TPSA) is 60.3 Å². The Morgan fingerprint density at radius 1 is 1.09 bits per heavy atom. The minimum absolute atomic E-state index is 0.0166. The minimum Gasteiger partial charge on any atom is -0.369 e. The Balaban J connectivity index is 1.30. The molecule has 0 bridgehead atoms. The predicted octanol–water partition coefficient (Wildman–Crippen LogP) is 3.13. The number of amides is 1. The molecule has 35 heavy (non-hydrogen) atoms. The molecule has 186 valence electrons. The lowest BCUT2D eigenvalue weighted by atomic mass is 9.69. The average molecular weight is 476 g/mol. The molecule has 1 amide bonds. The van der Waals surface area contributed by atoms with E-state index in [1.165, 1.54) is 43.2 Å². The van der Waals surface area contributed by atoms with Crippen LogP contribution in [0.5, 0.6) is 0 Å². The van der Waals surface area contributed by atoms with Crippen molar-refractivity contribution in [2.75, 3.05) is 26.2 Å². The van der Waals surface area contributed by atoms with E-state index in [2.05, 4.69) is 64.6 Å². The number of aromatic nitrogens is 1. The van der Waals surface area contributed by atoms with E-state index in [1.807, 2.05) is 0 Å². The Morgan fingerprint density at radius 2 is 1.91 bits per heavy atom. The number of H-pyrrole nitrogens is 1. The molecule has 1 aromatic carbocycles. The first kappa shape index (κ1) is 23.2. The lowest BCUT2D eigenvalue weighted by Gasteiger charge is -2.47. The van der Waals surface area contributed by atoms with E-state index < -0.39 is 0 Å². The number of quaternary nitrogens is 1. The number of pyridine rings is 1. The number of hydrogen-bond acceptors (Lipinski definition) is 2. The number of carbonyl (C=O) groups excluding carboxylic acids is 1. The monoisotopic (exact) mass is 475 g/mol.